The smallest absolute Gasteiger partial charge is 0.308 e. The van der Waals surface area contributed by atoms with E-state index in [-0.39, 0.29) is 17.3 Å². The summed E-state index contributed by atoms with van der Waals surface area (Å²) in [7, 11) is 0. The van der Waals surface area contributed by atoms with E-state index in [2.05, 4.69) is 41.6 Å². The van der Waals surface area contributed by atoms with Crippen LogP contribution >= 0.6 is 15.9 Å². The second-order valence-electron chi connectivity index (χ2n) is 6.27. The molecule has 20 heavy (non-hydrogen) atoms. The number of halogens is 2. The second-order valence-corrected chi connectivity index (χ2v) is 7.06. The van der Waals surface area contributed by atoms with Gasteiger partial charge in [0.15, 0.2) is 0 Å². The molecule has 3 nitrogen and oxygen atoms in total. The fourth-order valence-corrected chi connectivity index (χ4v) is 3.28. The minimum atomic E-state index is -0.821. The molecule has 0 unspecified atom stereocenters. The summed E-state index contributed by atoms with van der Waals surface area (Å²) in [6.07, 6.45) is 0. The minimum Gasteiger partial charge on any atom is -0.481 e. The number of benzene rings is 1. The zero-order valence-electron chi connectivity index (χ0n) is 11.9. The summed E-state index contributed by atoms with van der Waals surface area (Å²) in [6, 6.07) is 4.81. The summed E-state index contributed by atoms with van der Waals surface area (Å²) in [4.78, 5) is 13.7. The Labute approximate surface area is 126 Å². The van der Waals surface area contributed by atoms with Crippen molar-refractivity contribution < 1.29 is 14.3 Å². The van der Waals surface area contributed by atoms with Gasteiger partial charge in [0.1, 0.15) is 5.82 Å². The van der Waals surface area contributed by atoms with Crippen LogP contribution in [0.15, 0.2) is 22.7 Å². The van der Waals surface area contributed by atoms with Crippen LogP contribution < -0.4 is 0 Å². The molecule has 0 spiro atoms. The van der Waals surface area contributed by atoms with Crippen molar-refractivity contribution in [2.24, 2.45) is 5.92 Å². The van der Waals surface area contributed by atoms with Gasteiger partial charge in [-0.1, -0.05) is 12.1 Å². The topological polar surface area (TPSA) is 40.5 Å². The summed E-state index contributed by atoms with van der Waals surface area (Å²) in [5.74, 6) is -1.87. The van der Waals surface area contributed by atoms with E-state index in [1.165, 1.54) is 6.07 Å². The molecule has 1 heterocycles. The predicted octanol–water partition coefficient (Wildman–Crippen LogP) is 3.49. The van der Waals surface area contributed by atoms with E-state index in [1.54, 1.807) is 12.1 Å². The highest BCUT2D eigenvalue weighted by atomic mass is 79.9. The fraction of sp³-hybridized carbons (Fsp3) is 0.533. The van der Waals surface area contributed by atoms with E-state index in [9.17, 15) is 14.3 Å². The maximum absolute atomic E-state index is 13.7. The Balaban J connectivity index is 2.38. The van der Waals surface area contributed by atoms with Crippen molar-refractivity contribution >= 4 is 21.9 Å². The lowest BCUT2D eigenvalue weighted by molar-refractivity contribution is -0.141. The lowest BCUT2D eigenvalue weighted by atomic mass is 9.89. The number of carbonyl (C=O) groups is 1. The Hall–Kier alpha value is -0.940. The summed E-state index contributed by atoms with van der Waals surface area (Å²) >= 11 is 3.25. The molecule has 0 aromatic heterocycles. The summed E-state index contributed by atoms with van der Waals surface area (Å²) < 4.78 is 14.1. The average molecular weight is 344 g/mol. The quantitative estimate of drug-likeness (QED) is 0.893. The van der Waals surface area contributed by atoms with E-state index in [0.717, 1.165) is 5.56 Å². The predicted molar refractivity (Wildman–Crippen MR) is 79.3 cm³/mol. The molecule has 1 aliphatic rings. The molecule has 2 rings (SSSR count). The molecule has 0 bridgehead atoms. The molecule has 1 fully saturated rings. The highest BCUT2D eigenvalue weighted by molar-refractivity contribution is 9.10. The third-order valence-electron chi connectivity index (χ3n) is 3.97. The minimum absolute atomic E-state index is 0.0950. The molecule has 2 atom stereocenters. The van der Waals surface area contributed by atoms with Gasteiger partial charge in [0.2, 0.25) is 0 Å². The molecular weight excluding hydrogens is 325 g/mol. The first kappa shape index (κ1) is 15.4. The largest absolute Gasteiger partial charge is 0.481 e. The lowest BCUT2D eigenvalue weighted by Crippen LogP contribution is -2.40. The molecule has 0 radical (unpaired) electrons. The molecule has 1 N–H and O–H groups in total. The van der Waals surface area contributed by atoms with Gasteiger partial charge in [-0.25, -0.2) is 4.39 Å². The van der Waals surface area contributed by atoms with E-state index >= 15 is 0 Å². The summed E-state index contributed by atoms with van der Waals surface area (Å²) in [5.41, 5.74) is 0.645. The normalized spacial score (nSPS) is 24.1. The van der Waals surface area contributed by atoms with Crippen LogP contribution in [0.2, 0.25) is 0 Å². The third kappa shape index (κ3) is 2.88. The van der Waals surface area contributed by atoms with Crippen molar-refractivity contribution in [3.8, 4) is 0 Å². The van der Waals surface area contributed by atoms with Gasteiger partial charge in [-0.05, 0) is 48.3 Å². The molecule has 5 heteroatoms. The molecule has 0 amide bonds. The van der Waals surface area contributed by atoms with E-state index in [4.69, 9.17) is 0 Å². The Kier molecular flexibility index (Phi) is 4.21. The molecule has 0 saturated carbocycles. The number of aliphatic carboxylic acids is 1. The SMILES string of the molecule is CC(C)(C)N1C[C@H](C(=O)O)[C@@H](c2cccc(F)c2Br)C1. The molecule has 1 aromatic carbocycles. The van der Waals surface area contributed by atoms with Crippen LogP contribution in [0.3, 0.4) is 0 Å². The van der Waals surface area contributed by atoms with Crippen LogP contribution in [0.25, 0.3) is 0 Å². The summed E-state index contributed by atoms with van der Waals surface area (Å²) in [6.45, 7) is 7.31. The Morgan fingerprint density at radius 1 is 1.40 bits per heavy atom. The van der Waals surface area contributed by atoms with Crippen LogP contribution in [0.5, 0.6) is 0 Å². The first-order valence-electron chi connectivity index (χ1n) is 6.63. The van der Waals surface area contributed by atoms with Crippen molar-refractivity contribution in [3.63, 3.8) is 0 Å². The van der Waals surface area contributed by atoms with Crippen molar-refractivity contribution in [1.82, 2.24) is 4.90 Å². The number of carboxylic acids is 1. The Morgan fingerprint density at radius 3 is 2.60 bits per heavy atom. The fourth-order valence-electron chi connectivity index (χ4n) is 2.72. The standard InChI is InChI=1S/C15H19BrFNO2/c1-15(2,3)18-7-10(11(8-18)14(19)20)9-5-4-6-12(17)13(9)16/h4-6,10-11H,7-8H2,1-3H3,(H,19,20)/t10-,11+/m1/s1. The number of hydrogen-bond acceptors (Lipinski definition) is 2. The van der Waals surface area contributed by atoms with E-state index < -0.39 is 11.9 Å². The van der Waals surface area contributed by atoms with Crippen molar-refractivity contribution in [1.29, 1.82) is 0 Å². The molecular formula is C15H19BrFNO2. The molecule has 0 aliphatic carbocycles. The number of likely N-dealkylation sites (tertiary alicyclic amines) is 1. The van der Waals surface area contributed by atoms with Crippen LogP contribution in [-0.4, -0.2) is 34.6 Å². The van der Waals surface area contributed by atoms with Gasteiger partial charge in [0, 0.05) is 24.5 Å². The summed E-state index contributed by atoms with van der Waals surface area (Å²) in [5, 5.41) is 9.45. The first-order chi connectivity index (χ1) is 9.21. The average Bonchev–Trinajstić information content (AvgIpc) is 2.77. The maximum atomic E-state index is 13.7. The van der Waals surface area contributed by atoms with Crippen LogP contribution in [0.1, 0.15) is 32.3 Å². The highest BCUT2D eigenvalue weighted by Crippen LogP contribution is 2.39. The lowest BCUT2D eigenvalue weighted by Gasteiger charge is -2.31. The van der Waals surface area contributed by atoms with Crippen molar-refractivity contribution in [3.05, 3.63) is 34.1 Å². The van der Waals surface area contributed by atoms with Gasteiger partial charge in [-0.15, -0.1) is 0 Å². The van der Waals surface area contributed by atoms with Gasteiger partial charge in [0.05, 0.1) is 10.4 Å². The van der Waals surface area contributed by atoms with Crippen molar-refractivity contribution in [2.75, 3.05) is 13.1 Å². The number of nitrogens with zero attached hydrogens (tertiary/aromatic N) is 1. The van der Waals surface area contributed by atoms with Crippen LogP contribution in [-0.2, 0) is 4.79 Å². The van der Waals surface area contributed by atoms with Crippen LogP contribution in [0.4, 0.5) is 4.39 Å². The van der Waals surface area contributed by atoms with Crippen molar-refractivity contribution in [2.45, 2.75) is 32.2 Å². The van der Waals surface area contributed by atoms with Crippen LogP contribution in [0, 0.1) is 11.7 Å². The van der Waals surface area contributed by atoms with Gasteiger partial charge < -0.3 is 5.11 Å². The third-order valence-corrected chi connectivity index (χ3v) is 4.80. The Morgan fingerprint density at radius 2 is 2.05 bits per heavy atom. The number of rotatable bonds is 2. The van der Waals surface area contributed by atoms with E-state index in [1.807, 2.05) is 0 Å². The van der Waals surface area contributed by atoms with E-state index in [0.29, 0.717) is 17.6 Å². The van der Waals surface area contributed by atoms with Gasteiger partial charge in [-0.3, -0.25) is 9.69 Å². The van der Waals surface area contributed by atoms with Gasteiger partial charge in [0.25, 0.3) is 0 Å². The number of carboxylic acid groups (broad SMARTS) is 1. The Bertz CT molecular complexity index is 527. The molecule has 110 valence electrons. The highest BCUT2D eigenvalue weighted by Gasteiger charge is 2.42. The molecule has 1 aromatic rings. The molecule has 1 aliphatic heterocycles. The number of hydrogen-bond donors (Lipinski definition) is 1. The second kappa shape index (κ2) is 5.45. The monoisotopic (exact) mass is 343 g/mol. The van der Waals surface area contributed by atoms with Gasteiger partial charge in [-0.2, -0.15) is 0 Å². The maximum Gasteiger partial charge on any atom is 0.308 e. The molecule has 1 saturated heterocycles. The zero-order chi connectivity index (χ0) is 15.1. The zero-order valence-corrected chi connectivity index (χ0v) is 13.4. The first-order valence-corrected chi connectivity index (χ1v) is 7.43. The van der Waals surface area contributed by atoms with Gasteiger partial charge >= 0.3 is 5.97 Å².